The van der Waals surface area contributed by atoms with Gasteiger partial charge in [0.1, 0.15) is 6.10 Å². The third-order valence-electron chi connectivity index (χ3n) is 3.12. The quantitative estimate of drug-likeness (QED) is 0.784. The second-order valence-electron chi connectivity index (χ2n) is 4.71. The smallest absolute Gasteiger partial charge is 0.283 e. The third kappa shape index (κ3) is 2.64. The Balaban J connectivity index is 2.17. The minimum atomic E-state index is -0.0695. The predicted octanol–water partition coefficient (Wildman–Crippen LogP) is 1.93. The summed E-state index contributed by atoms with van der Waals surface area (Å²) in [6, 6.07) is 0. The number of aryl methyl sites for hydroxylation is 1. The van der Waals surface area contributed by atoms with Crippen molar-refractivity contribution in [3.05, 3.63) is 9.88 Å². The Labute approximate surface area is 111 Å². The van der Waals surface area contributed by atoms with Crippen LogP contribution in [0.5, 0.6) is 5.88 Å². The van der Waals surface area contributed by atoms with Crippen LogP contribution in [0.4, 0.5) is 0 Å². The van der Waals surface area contributed by atoms with E-state index < -0.39 is 0 Å². The normalized spacial score (nSPS) is 15.6. The molecule has 1 fully saturated rings. The number of carbonyl (C=O) groups is 1. The Hall–Kier alpha value is -1.14. The molecule has 1 aromatic heterocycles. The summed E-state index contributed by atoms with van der Waals surface area (Å²) in [5.74, 6) is 0.431. The number of hydrazine groups is 1. The van der Waals surface area contributed by atoms with Crippen molar-refractivity contribution in [1.82, 2.24) is 15.0 Å². The molecule has 0 N–H and O–H groups in total. The zero-order valence-corrected chi connectivity index (χ0v) is 12.1. The van der Waals surface area contributed by atoms with Gasteiger partial charge in [0, 0.05) is 21.1 Å². The van der Waals surface area contributed by atoms with E-state index in [4.69, 9.17) is 4.74 Å². The van der Waals surface area contributed by atoms with Crippen LogP contribution in [0.25, 0.3) is 0 Å². The highest BCUT2D eigenvalue weighted by Gasteiger charge is 2.27. The van der Waals surface area contributed by atoms with Crippen molar-refractivity contribution < 1.29 is 9.53 Å². The van der Waals surface area contributed by atoms with E-state index in [0.29, 0.717) is 10.8 Å². The van der Waals surface area contributed by atoms with E-state index in [1.807, 2.05) is 21.0 Å². The maximum Gasteiger partial charge on any atom is 0.283 e. The fourth-order valence-corrected chi connectivity index (χ4v) is 2.42. The lowest BCUT2D eigenvalue weighted by atomic mass is 9.96. The number of hydrogen-bond acceptors (Lipinski definition) is 5. The maximum absolute atomic E-state index is 12.3. The van der Waals surface area contributed by atoms with Gasteiger partial charge in [-0.1, -0.05) is 0 Å². The highest BCUT2D eigenvalue weighted by Crippen LogP contribution is 2.31. The molecule has 1 amide bonds. The number of amides is 1. The van der Waals surface area contributed by atoms with E-state index in [9.17, 15) is 4.79 Å². The molecule has 0 radical (unpaired) electrons. The second-order valence-corrected chi connectivity index (χ2v) is 5.92. The van der Waals surface area contributed by atoms with Crippen LogP contribution in [0.15, 0.2) is 0 Å². The lowest BCUT2D eigenvalue weighted by Gasteiger charge is -2.27. The third-order valence-corrected chi connectivity index (χ3v) is 4.06. The maximum atomic E-state index is 12.3. The van der Waals surface area contributed by atoms with Crippen molar-refractivity contribution in [3.8, 4) is 5.88 Å². The van der Waals surface area contributed by atoms with Gasteiger partial charge in [0.2, 0.25) is 5.88 Å². The molecule has 1 heterocycles. The fourth-order valence-electron chi connectivity index (χ4n) is 1.60. The number of carbonyl (C=O) groups excluding carboxylic acids is 1. The standard InChI is InChI=1S/C12H19N3O2S/c1-8-13-11(17-9-6-5-7-9)10(18-8)12(16)15(4)14(2)3/h9H,5-7H2,1-4H3. The van der Waals surface area contributed by atoms with Crippen molar-refractivity contribution >= 4 is 17.2 Å². The van der Waals surface area contributed by atoms with Gasteiger partial charge in [0.25, 0.3) is 5.91 Å². The van der Waals surface area contributed by atoms with Gasteiger partial charge in [-0.3, -0.25) is 9.80 Å². The number of ether oxygens (including phenoxy) is 1. The van der Waals surface area contributed by atoms with Gasteiger partial charge in [-0.05, 0) is 26.2 Å². The van der Waals surface area contributed by atoms with E-state index in [1.165, 1.54) is 17.8 Å². The van der Waals surface area contributed by atoms with Gasteiger partial charge in [-0.15, -0.1) is 11.3 Å². The lowest BCUT2D eigenvalue weighted by molar-refractivity contribution is 0.0336. The van der Waals surface area contributed by atoms with Crippen molar-refractivity contribution in [2.24, 2.45) is 0 Å². The predicted molar refractivity (Wildman–Crippen MR) is 70.9 cm³/mol. The Bertz CT molecular complexity index is 441. The van der Waals surface area contributed by atoms with Gasteiger partial charge in [-0.25, -0.2) is 9.99 Å². The SMILES string of the molecule is Cc1nc(OC2CCC2)c(C(=O)N(C)N(C)C)s1. The molecule has 0 bridgehead atoms. The summed E-state index contributed by atoms with van der Waals surface area (Å²) in [6.45, 7) is 1.89. The Morgan fingerprint density at radius 3 is 2.56 bits per heavy atom. The molecule has 100 valence electrons. The molecule has 0 spiro atoms. The molecular formula is C12H19N3O2S. The zero-order valence-electron chi connectivity index (χ0n) is 11.3. The monoisotopic (exact) mass is 269 g/mol. The van der Waals surface area contributed by atoms with Gasteiger partial charge < -0.3 is 4.74 Å². The topological polar surface area (TPSA) is 45.7 Å². The first-order chi connectivity index (χ1) is 8.49. The van der Waals surface area contributed by atoms with E-state index >= 15 is 0 Å². The van der Waals surface area contributed by atoms with Gasteiger partial charge in [0.05, 0.1) is 5.01 Å². The van der Waals surface area contributed by atoms with Crippen molar-refractivity contribution in [2.75, 3.05) is 21.1 Å². The van der Waals surface area contributed by atoms with Crippen molar-refractivity contribution in [3.63, 3.8) is 0 Å². The molecule has 1 aliphatic carbocycles. The second kappa shape index (κ2) is 5.24. The summed E-state index contributed by atoms with van der Waals surface area (Å²) in [6.07, 6.45) is 3.57. The fraction of sp³-hybridized carbons (Fsp3) is 0.667. The average molecular weight is 269 g/mol. The molecule has 1 aliphatic rings. The van der Waals surface area contributed by atoms with Crippen LogP contribution >= 0.6 is 11.3 Å². The summed E-state index contributed by atoms with van der Waals surface area (Å²) in [5.41, 5.74) is 0. The van der Waals surface area contributed by atoms with Crippen LogP contribution in [-0.2, 0) is 0 Å². The number of rotatable bonds is 4. The Morgan fingerprint density at radius 2 is 2.06 bits per heavy atom. The number of hydrogen-bond donors (Lipinski definition) is 0. The Morgan fingerprint density at radius 1 is 1.39 bits per heavy atom. The largest absolute Gasteiger partial charge is 0.473 e. The molecule has 0 atom stereocenters. The highest BCUT2D eigenvalue weighted by atomic mass is 32.1. The summed E-state index contributed by atoms with van der Waals surface area (Å²) in [5, 5.41) is 4.16. The number of nitrogens with zero attached hydrogens (tertiary/aromatic N) is 3. The number of thiazole rings is 1. The molecule has 18 heavy (non-hydrogen) atoms. The van der Waals surface area contributed by atoms with Crippen LogP contribution in [0, 0.1) is 6.92 Å². The summed E-state index contributed by atoms with van der Waals surface area (Å²) >= 11 is 1.39. The van der Waals surface area contributed by atoms with Crippen LogP contribution in [0.2, 0.25) is 0 Å². The van der Waals surface area contributed by atoms with Crippen LogP contribution < -0.4 is 4.74 Å². The molecule has 1 saturated carbocycles. The minimum absolute atomic E-state index is 0.0695. The van der Waals surface area contributed by atoms with E-state index in [0.717, 1.165) is 17.8 Å². The molecule has 0 saturated heterocycles. The summed E-state index contributed by atoms with van der Waals surface area (Å²) < 4.78 is 5.79. The summed E-state index contributed by atoms with van der Waals surface area (Å²) in [7, 11) is 5.40. The summed E-state index contributed by atoms with van der Waals surface area (Å²) in [4.78, 5) is 17.2. The molecule has 0 aromatic carbocycles. The molecular weight excluding hydrogens is 250 g/mol. The van der Waals surface area contributed by atoms with Crippen molar-refractivity contribution in [2.45, 2.75) is 32.3 Å². The average Bonchev–Trinajstić information content (AvgIpc) is 2.62. The molecule has 2 rings (SSSR count). The molecule has 0 aliphatic heterocycles. The van der Waals surface area contributed by atoms with E-state index in [-0.39, 0.29) is 12.0 Å². The first-order valence-corrected chi connectivity index (χ1v) is 6.90. The first kappa shape index (κ1) is 13.3. The zero-order chi connectivity index (χ0) is 13.3. The first-order valence-electron chi connectivity index (χ1n) is 6.08. The van der Waals surface area contributed by atoms with Gasteiger partial charge >= 0.3 is 0 Å². The molecule has 6 heteroatoms. The van der Waals surface area contributed by atoms with E-state index in [2.05, 4.69) is 4.98 Å². The molecule has 1 aromatic rings. The lowest BCUT2D eigenvalue weighted by Crippen LogP contribution is -2.38. The molecule has 5 nitrogen and oxygen atoms in total. The molecule has 0 unspecified atom stereocenters. The van der Waals surface area contributed by atoms with Crippen LogP contribution in [0.3, 0.4) is 0 Å². The minimum Gasteiger partial charge on any atom is -0.473 e. The van der Waals surface area contributed by atoms with Gasteiger partial charge in [0.15, 0.2) is 4.88 Å². The van der Waals surface area contributed by atoms with E-state index in [1.54, 1.807) is 17.1 Å². The van der Waals surface area contributed by atoms with Crippen molar-refractivity contribution in [1.29, 1.82) is 0 Å². The van der Waals surface area contributed by atoms with Gasteiger partial charge in [-0.2, -0.15) is 0 Å². The Kier molecular flexibility index (Phi) is 3.87. The van der Waals surface area contributed by atoms with Crippen LogP contribution in [-0.4, -0.2) is 48.2 Å². The van der Waals surface area contributed by atoms with Crippen LogP contribution in [0.1, 0.15) is 33.9 Å². The highest BCUT2D eigenvalue weighted by molar-refractivity contribution is 7.13. The number of aromatic nitrogens is 1.